The molecule has 2 rings (SSSR count). The summed E-state index contributed by atoms with van der Waals surface area (Å²) >= 11 is 0. The Morgan fingerprint density at radius 2 is 1.75 bits per heavy atom. The third-order valence-electron chi connectivity index (χ3n) is 5.45. The maximum Gasteiger partial charge on any atom is 0.307 e. The summed E-state index contributed by atoms with van der Waals surface area (Å²) in [5.74, 6) is -1.89. The first kappa shape index (κ1) is 15.3. The minimum absolute atomic E-state index is 0.0490. The second-order valence-electron chi connectivity index (χ2n) is 7.16. The van der Waals surface area contributed by atoms with Crippen LogP contribution in [0.25, 0.3) is 0 Å². The van der Waals surface area contributed by atoms with Crippen LogP contribution in [-0.2, 0) is 9.59 Å². The Morgan fingerprint density at radius 1 is 1.20 bits per heavy atom. The van der Waals surface area contributed by atoms with Crippen molar-refractivity contribution in [2.24, 2.45) is 17.3 Å². The predicted octanol–water partition coefficient (Wildman–Crippen LogP) is 1.33. The molecule has 2 aliphatic rings. The molecule has 2 N–H and O–H groups in total. The normalized spacial score (nSPS) is 30.2. The molecule has 5 heteroatoms. The molecule has 2 atom stereocenters. The fourth-order valence-electron chi connectivity index (χ4n) is 3.76. The van der Waals surface area contributed by atoms with Gasteiger partial charge in [0.05, 0.1) is 11.8 Å². The van der Waals surface area contributed by atoms with Gasteiger partial charge in [-0.1, -0.05) is 26.7 Å². The summed E-state index contributed by atoms with van der Waals surface area (Å²) in [6.45, 7) is 4.33. The molecule has 114 valence electrons. The molecule has 0 aromatic heterocycles. The highest BCUT2D eigenvalue weighted by Crippen LogP contribution is 2.58. The van der Waals surface area contributed by atoms with Crippen molar-refractivity contribution < 1.29 is 14.7 Å². The smallest absolute Gasteiger partial charge is 0.307 e. The van der Waals surface area contributed by atoms with Crippen LogP contribution in [0.15, 0.2) is 0 Å². The maximum absolute atomic E-state index is 12.3. The SMILES string of the molecule is CN(C)C1(CNC(=O)C2C(C(=O)O)C2(C)C)CCCC1. The average Bonchev–Trinajstić information content (AvgIpc) is 2.74. The topological polar surface area (TPSA) is 69.6 Å². The second-order valence-corrected chi connectivity index (χ2v) is 7.16. The fourth-order valence-corrected chi connectivity index (χ4v) is 3.76. The third kappa shape index (κ3) is 2.43. The lowest BCUT2D eigenvalue weighted by molar-refractivity contribution is -0.140. The number of hydrogen-bond donors (Lipinski definition) is 2. The van der Waals surface area contributed by atoms with Crippen molar-refractivity contribution in [2.75, 3.05) is 20.6 Å². The largest absolute Gasteiger partial charge is 0.481 e. The highest BCUT2D eigenvalue weighted by molar-refractivity contribution is 5.91. The van der Waals surface area contributed by atoms with Crippen LogP contribution in [0.4, 0.5) is 0 Å². The van der Waals surface area contributed by atoms with E-state index in [2.05, 4.69) is 24.3 Å². The van der Waals surface area contributed by atoms with Crippen molar-refractivity contribution in [3.8, 4) is 0 Å². The summed E-state index contributed by atoms with van der Waals surface area (Å²) in [6, 6.07) is 0. The van der Waals surface area contributed by atoms with E-state index in [4.69, 9.17) is 5.11 Å². The summed E-state index contributed by atoms with van der Waals surface area (Å²) in [7, 11) is 4.11. The van der Waals surface area contributed by atoms with Crippen LogP contribution in [0.5, 0.6) is 0 Å². The van der Waals surface area contributed by atoms with Gasteiger partial charge >= 0.3 is 5.97 Å². The van der Waals surface area contributed by atoms with Crippen LogP contribution in [0.3, 0.4) is 0 Å². The number of carboxylic acids is 1. The number of carbonyl (C=O) groups is 2. The monoisotopic (exact) mass is 282 g/mol. The molecular formula is C15H26N2O3. The first-order valence-electron chi connectivity index (χ1n) is 7.40. The molecule has 0 heterocycles. The molecular weight excluding hydrogens is 256 g/mol. The van der Waals surface area contributed by atoms with E-state index in [9.17, 15) is 9.59 Å². The molecule has 2 aliphatic carbocycles. The van der Waals surface area contributed by atoms with Crippen LogP contribution >= 0.6 is 0 Å². The molecule has 0 bridgehead atoms. The van der Waals surface area contributed by atoms with Crippen molar-refractivity contribution in [3.05, 3.63) is 0 Å². The molecule has 2 unspecified atom stereocenters. The Hall–Kier alpha value is -1.10. The van der Waals surface area contributed by atoms with Gasteiger partial charge in [0.25, 0.3) is 0 Å². The van der Waals surface area contributed by atoms with Crippen molar-refractivity contribution in [2.45, 2.75) is 45.1 Å². The first-order valence-corrected chi connectivity index (χ1v) is 7.40. The number of carbonyl (C=O) groups excluding carboxylic acids is 1. The lowest BCUT2D eigenvalue weighted by Gasteiger charge is -2.36. The Bertz CT molecular complexity index is 411. The molecule has 0 aromatic rings. The molecule has 0 aromatic carbocycles. The Balaban J connectivity index is 1.95. The zero-order valence-corrected chi connectivity index (χ0v) is 12.9. The quantitative estimate of drug-likeness (QED) is 0.798. The van der Waals surface area contributed by atoms with Crippen LogP contribution in [0.2, 0.25) is 0 Å². The van der Waals surface area contributed by atoms with E-state index in [1.54, 1.807) is 0 Å². The van der Waals surface area contributed by atoms with E-state index >= 15 is 0 Å². The predicted molar refractivity (Wildman–Crippen MR) is 76.3 cm³/mol. The fraction of sp³-hybridized carbons (Fsp3) is 0.867. The number of rotatable bonds is 5. The molecule has 2 saturated carbocycles. The number of carboxylic acid groups (broad SMARTS) is 1. The van der Waals surface area contributed by atoms with Gasteiger partial charge in [0.2, 0.25) is 5.91 Å². The molecule has 0 aliphatic heterocycles. The van der Waals surface area contributed by atoms with Crippen molar-refractivity contribution in [1.82, 2.24) is 10.2 Å². The van der Waals surface area contributed by atoms with Crippen molar-refractivity contribution >= 4 is 11.9 Å². The van der Waals surface area contributed by atoms with E-state index in [-0.39, 0.29) is 17.4 Å². The number of amides is 1. The summed E-state index contributed by atoms with van der Waals surface area (Å²) < 4.78 is 0. The molecule has 0 saturated heterocycles. The molecule has 0 radical (unpaired) electrons. The zero-order valence-electron chi connectivity index (χ0n) is 12.9. The number of aliphatic carboxylic acids is 1. The van der Waals surface area contributed by atoms with E-state index in [1.165, 1.54) is 12.8 Å². The maximum atomic E-state index is 12.3. The van der Waals surface area contributed by atoms with Crippen LogP contribution in [-0.4, -0.2) is 48.1 Å². The molecule has 0 spiro atoms. The number of nitrogens with zero attached hydrogens (tertiary/aromatic N) is 1. The van der Waals surface area contributed by atoms with Crippen LogP contribution in [0.1, 0.15) is 39.5 Å². The van der Waals surface area contributed by atoms with Gasteiger partial charge in [-0.05, 0) is 32.4 Å². The lowest BCUT2D eigenvalue weighted by Crippen LogP contribution is -2.51. The Kier molecular flexibility index (Phi) is 3.84. The minimum atomic E-state index is -0.863. The van der Waals surface area contributed by atoms with Gasteiger partial charge in [-0.2, -0.15) is 0 Å². The molecule has 2 fully saturated rings. The summed E-state index contributed by atoms with van der Waals surface area (Å²) in [5.41, 5.74) is -0.371. The standard InChI is InChI=1S/C15H26N2O3/c1-14(2)10(11(14)13(19)20)12(18)16-9-15(17(3)4)7-5-6-8-15/h10-11H,5-9H2,1-4H3,(H,16,18)(H,19,20). The highest BCUT2D eigenvalue weighted by atomic mass is 16.4. The highest BCUT2D eigenvalue weighted by Gasteiger charge is 2.65. The summed E-state index contributed by atoms with van der Waals surface area (Å²) in [5, 5.41) is 12.1. The first-order chi connectivity index (χ1) is 9.22. The Labute approximate surface area is 120 Å². The van der Waals surface area contributed by atoms with Gasteiger partial charge in [-0.3, -0.25) is 9.59 Å². The number of hydrogen-bond acceptors (Lipinski definition) is 3. The van der Waals surface area contributed by atoms with Gasteiger partial charge in [0.15, 0.2) is 0 Å². The second kappa shape index (κ2) is 5.02. The minimum Gasteiger partial charge on any atom is -0.481 e. The van der Waals surface area contributed by atoms with Crippen LogP contribution in [0, 0.1) is 17.3 Å². The van der Waals surface area contributed by atoms with Gasteiger partial charge in [-0.25, -0.2) is 0 Å². The average molecular weight is 282 g/mol. The van der Waals surface area contributed by atoms with Gasteiger partial charge in [0.1, 0.15) is 0 Å². The van der Waals surface area contributed by atoms with Gasteiger partial charge < -0.3 is 15.3 Å². The third-order valence-corrected chi connectivity index (χ3v) is 5.45. The van der Waals surface area contributed by atoms with E-state index in [0.717, 1.165) is 12.8 Å². The lowest BCUT2D eigenvalue weighted by atomic mass is 9.96. The summed E-state index contributed by atoms with van der Waals surface area (Å²) in [6.07, 6.45) is 4.58. The Morgan fingerprint density at radius 3 is 2.15 bits per heavy atom. The number of likely N-dealkylation sites (N-methyl/N-ethyl adjacent to an activating group) is 1. The van der Waals surface area contributed by atoms with Crippen molar-refractivity contribution in [1.29, 1.82) is 0 Å². The zero-order chi connectivity index (χ0) is 15.1. The molecule has 20 heavy (non-hydrogen) atoms. The van der Waals surface area contributed by atoms with Crippen LogP contribution < -0.4 is 5.32 Å². The van der Waals surface area contributed by atoms with E-state index in [1.807, 2.05) is 13.8 Å². The summed E-state index contributed by atoms with van der Waals surface area (Å²) in [4.78, 5) is 25.6. The van der Waals surface area contributed by atoms with E-state index in [0.29, 0.717) is 6.54 Å². The van der Waals surface area contributed by atoms with Gasteiger partial charge in [-0.15, -0.1) is 0 Å². The van der Waals surface area contributed by atoms with Gasteiger partial charge in [0, 0.05) is 12.1 Å². The molecule has 1 amide bonds. The molecule has 5 nitrogen and oxygen atoms in total. The van der Waals surface area contributed by atoms with E-state index < -0.39 is 17.3 Å². The van der Waals surface area contributed by atoms with Crippen molar-refractivity contribution in [3.63, 3.8) is 0 Å². The number of nitrogens with one attached hydrogen (secondary N) is 1.